The van der Waals surface area contributed by atoms with E-state index in [4.69, 9.17) is 4.74 Å². The number of alkyl halides is 3. The maximum Gasteiger partial charge on any atom is 0.435 e. The van der Waals surface area contributed by atoms with Crippen LogP contribution in [0, 0.1) is 6.92 Å². The van der Waals surface area contributed by atoms with Crippen molar-refractivity contribution in [3.63, 3.8) is 0 Å². The van der Waals surface area contributed by atoms with E-state index in [1.165, 1.54) is 30.6 Å². The topological polar surface area (TPSA) is 76.8 Å². The van der Waals surface area contributed by atoms with Crippen molar-refractivity contribution >= 4 is 16.4 Å². The number of rotatable bonds is 5. The standard InChI is InChI=1S/C22H21F3N4O3S/c1-16-2-4-17(5-3-16)20-14-21(22(23,24)25)27-29(20)18-6-8-19(9-7-18)33(30,31)26-15-28-10-12-32-13-11-28/h2-9,14-15H,10-13H2,1H3/b26-15+. The van der Waals surface area contributed by atoms with E-state index in [0.29, 0.717) is 31.9 Å². The second-order valence-electron chi connectivity index (χ2n) is 7.53. The molecule has 0 atom stereocenters. The van der Waals surface area contributed by atoms with E-state index in [0.717, 1.165) is 16.3 Å². The lowest BCUT2D eigenvalue weighted by Gasteiger charge is -2.23. The Hall–Kier alpha value is -3.18. The van der Waals surface area contributed by atoms with E-state index in [1.807, 2.05) is 6.92 Å². The van der Waals surface area contributed by atoms with Gasteiger partial charge >= 0.3 is 6.18 Å². The summed E-state index contributed by atoms with van der Waals surface area (Å²) in [4.78, 5) is 1.67. The Morgan fingerprint density at radius 3 is 2.27 bits per heavy atom. The Bertz CT molecular complexity index is 1250. The van der Waals surface area contributed by atoms with Crippen LogP contribution in [0.1, 0.15) is 11.3 Å². The average Bonchev–Trinajstić information content (AvgIpc) is 3.25. The highest BCUT2D eigenvalue weighted by Crippen LogP contribution is 2.33. The van der Waals surface area contributed by atoms with Gasteiger partial charge in [0.1, 0.15) is 6.34 Å². The first-order chi connectivity index (χ1) is 15.6. The van der Waals surface area contributed by atoms with E-state index in [1.54, 1.807) is 29.2 Å². The summed E-state index contributed by atoms with van der Waals surface area (Å²) in [6, 6.07) is 13.4. The number of aryl methyl sites for hydroxylation is 1. The molecule has 0 unspecified atom stereocenters. The molecule has 0 saturated carbocycles. The number of sulfonamides is 1. The summed E-state index contributed by atoms with van der Waals surface area (Å²) in [5.74, 6) is 0. The van der Waals surface area contributed by atoms with E-state index < -0.39 is 21.9 Å². The summed E-state index contributed by atoms with van der Waals surface area (Å²) < 4.78 is 75.2. The lowest BCUT2D eigenvalue weighted by Crippen LogP contribution is -2.35. The van der Waals surface area contributed by atoms with Gasteiger partial charge < -0.3 is 9.64 Å². The molecule has 4 rings (SSSR count). The molecule has 0 bridgehead atoms. The zero-order valence-corrected chi connectivity index (χ0v) is 18.5. The minimum Gasteiger partial charge on any atom is -0.378 e. The second kappa shape index (κ2) is 8.99. The summed E-state index contributed by atoms with van der Waals surface area (Å²) >= 11 is 0. The maximum atomic E-state index is 13.4. The van der Waals surface area contributed by atoms with Crippen molar-refractivity contribution in [2.75, 3.05) is 26.3 Å². The number of benzene rings is 2. The Labute approximate surface area is 189 Å². The van der Waals surface area contributed by atoms with E-state index >= 15 is 0 Å². The molecule has 2 aromatic carbocycles. The summed E-state index contributed by atoms with van der Waals surface area (Å²) in [7, 11) is -3.97. The van der Waals surface area contributed by atoms with Crippen LogP contribution in [0.5, 0.6) is 0 Å². The molecule has 0 spiro atoms. The van der Waals surface area contributed by atoms with Crippen LogP contribution >= 0.6 is 0 Å². The van der Waals surface area contributed by atoms with Gasteiger partial charge in [-0.25, -0.2) is 4.68 Å². The van der Waals surface area contributed by atoms with E-state index in [2.05, 4.69) is 9.50 Å². The molecule has 1 aliphatic rings. The van der Waals surface area contributed by atoms with Crippen molar-refractivity contribution < 1.29 is 26.3 Å². The maximum absolute atomic E-state index is 13.4. The average molecular weight is 478 g/mol. The molecule has 3 aromatic rings. The molecule has 1 fully saturated rings. The number of hydrogen-bond donors (Lipinski definition) is 0. The molecule has 33 heavy (non-hydrogen) atoms. The SMILES string of the molecule is Cc1ccc(-c2cc(C(F)(F)F)nn2-c2ccc(S(=O)(=O)/N=C/N3CCOCC3)cc2)cc1. The van der Waals surface area contributed by atoms with Crippen molar-refractivity contribution in [1.29, 1.82) is 0 Å². The minimum atomic E-state index is -4.62. The third-order valence-electron chi connectivity index (χ3n) is 5.12. The van der Waals surface area contributed by atoms with Crippen molar-refractivity contribution in [2.24, 2.45) is 4.40 Å². The number of hydrogen-bond acceptors (Lipinski definition) is 4. The molecular weight excluding hydrogens is 457 g/mol. The van der Waals surface area contributed by atoms with Crippen LogP contribution in [-0.2, 0) is 20.9 Å². The first kappa shape index (κ1) is 23.0. The van der Waals surface area contributed by atoms with Gasteiger partial charge in [0.2, 0.25) is 0 Å². The number of halogens is 3. The van der Waals surface area contributed by atoms with Crippen molar-refractivity contribution in [3.8, 4) is 16.9 Å². The van der Waals surface area contributed by atoms with Crippen LogP contribution in [-0.4, -0.2) is 55.7 Å². The molecule has 0 radical (unpaired) electrons. The zero-order chi connectivity index (χ0) is 23.6. The van der Waals surface area contributed by atoms with Gasteiger partial charge in [0, 0.05) is 18.7 Å². The van der Waals surface area contributed by atoms with Gasteiger partial charge in [0.25, 0.3) is 10.0 Å². The Morgan fingerprint density at radius 2 is 1.67 bits per heavy atom. The van der Waals surface area contributed by atoms with Gasteiger partial charge in [-0.15, -0.1) is 4.40 Å². The monoisotopic (exact) mass is 478 g/mol. The Kier molecular flexibility index (Phi) is 6.26. The lowest BCUT2D eigenvalue weighted by molar-refractivity contribution is -0.141. The van der Waals surface area contributed by atoms with Crippen LogP contribution < -0.4 is 0 Å². The fraction of sp³-hybridized carbons (Fsp3) is 0.273. The predicted molar refractivity (Wildman–Crippen MR) is 117 cm³/mol. The van der Waals surface area contributed by atoms with Crippen molar-refractivity contribution in [3.05, 3.63) is 65.9 Å². The summed E-state index contributed by atoms with van der Waals surface area (Å²) in [5.41, 5.74) is 1.01. The van der Waals surface area contributed by atoms with Crippen molar-refractivity contribution in [2.45, 2.75) is 18.0 Å². The number of nitrogens with zero attached hydrogens (tertiary/aromatic N) is 4. The molecule has 2 heterocycles. The lowest BCUT2D eigenvalue weighted by atomic mass is 10.1. The first-order valence-corrected chi connectivity index (χ1v) is 11.5. The van der Waals surface area contributed by atoms with Crippen LogP contribution in [0.25, 0.3) is 16.9 Å². The molecule has 0 aliphatic carbocycles. The van der Waals surface area contributed by atoms with Crippen LogP contribution in [0.4, 0.5) is 13.2 Å². The number of aromatic nitrogens is 2. The molecular formula is C22H21F3N4O3S. The highest BCUT2D eigenvalue weighted by Gasteiger charge is 2.35. The summed E-state index contributed by atoms with van der Waals surface area (Å²) in [5, 5.41) is 3.73. The van der Waals surface area contributed by atoms with E-state index in [9.17, 15) is 21.6 Å². The smallest absolute Gasteiger partial charge is 0.378 e. The molecule has 11 heteroatoms. The van der Waals surface area contributed by atoms with Crippen LogP contribution in [0.3, 0.4) is 0 Å². The predicted octanol–water partition coefficient (Wildman–Crippen LogP) is 3.92. The van der Waals surface area contributed by atoms with Crippen molar-refractivity contribution in [1.82, 2.24) is 14.7 Å². The molecule has 174 valence electrons. The van der Waals surface area contributed by atoms with Gasteiger partial charge in [-0.3, -0.25) is 0 Å². The Morgan fingerprint density at radius 1 is 1.03 bits per heavy atom. The summed E-state index contributed by atoms with van der Waals surface area (Å²) in [6.07, 6.45) is -3.35. The minimum absolute atomic E-state index is 0.0733. The molecule has 1 saturated heterocycles. The highest BCUT2D eigenvalue weighted by atomic mass is 32.2. The fourth-order valence-electron chi connectivity index (χ4n) is 3.29. The second-order valence-corrected chi connectivity index (χ2v) is 9.16. The largest absolute Gasteiger partial charge is 0.435 e. The zero-order valence-electron chi connectivity index (χ0n) is 17.7. The highest BCUT2D eigenvalue weighted by molar-refractivity contribution is 7.90. The Balaban J connectivity index is 1.66. The normalized spacial score (nSPS) is 15.3. The fourth-order valence-corrected chi connectivity index (χ4v) is 4.15. The molecule has 7 nitrogen and oxygen atoms in total. The molecule has 1 aromatic heterocycles. The van der Waals surface area contributed by atoms with Gasteiger partial charge in [0.05, 0.1) is 29.5 Å². The number of morpholine rings is 1. The van der Waals surface area contributed by atoms with Gasteiger partial charge in [-0.05, 0) is 37.3 Å². The van der Waals surface area contributed by atoms with Gasteiger partial charge in [-0.2, -0.15) is 26.7 Å². The van der Waals surface area contributed by atoms with Gasteiger partial charge in [-0.1, -0.05) is 29.8 Å². The molecule has 0 N–H and O–H groups in total. The van der Waals surface area contributed by atoms with Crippen LogP contribution in [0.2, 0.25) is 0 Å². The molecule has 0 amide bonds. The third kappa shape index (κ3) is 5.25. The summed E-state index contributed by atoms with van der Waals surface area (Å²) in [6.45, 7) is 3.95. The molecule has 1 aliphatic heterocycles. The van der Waals surface area contributed by atoms with Crippen LogP contribution in [0.15, 0.2) is 63.9 Å². The quantitative estimate of drug-likeness (QED) is 0.411. The first-order valence-electron chi connectivity index (χ1n) is 10.1. The van der Waals surface area contributed by atoms with Gasteiger partial charge in [0.15, 0.2) is 5.69 Å². The van der Waals surface area contributed by atoms with E-state index in [-0.39, 0.29) is 16.3 Å². The number of ether oxygens (including phenoxy) is 1. The third-order valence-corrected chi connectivity index (χ3v) is 6.36.